The molecule has 3 aromatic carbocycles. The summed E-state index contributed by atoms with van der Waals surface area (Å²) < 4.78 is 0. The molecule has 0 unspecified atom stereocenters. The zero-order chi connectivity index (χ0) is 15.9. The molecule has 23 heavy (non-hydrogen) atoms. The van der Waals surface area contributed by atoms with Crippen LogP contribution in [0, 0.1) is 0 Å². The van der Waals surface area contributed by atoms with E-state index in [2.05, 4.69) is 20.5 Å². The highest BCUT2D eigenvalue weighted by molar-refractivity contribution is 5.58. The second-order valence-electron chi connectivity index (χ2n) is 4.74. The van der Waals surface area contributed by atoms with Gasteiger partial charge < -0.3 is 5.11 Å². The van der Waals surface area contributed by atoms with Crippen molar-refractivity contribution in [3.8, 4) is 5.75 Å². The molecule has 0 atom stereocenters. The Labute approximate surface area is 133 Å². The Kier molecular flexibility index (Phi) is 4.49. The molecule has 0 heterocycles. The van der Waals surface area contributed by atoms with Crippen LogP contribution in [0.15, 0.2) is 99.3 Å². The zero-order valence-electron chi connectivity index (χ0n) is 12.2. The molecule has 0 aromatic heterocycles. The second kappa shape index (κ2) is 7.09. The van der Waals surface area contributed by atoms with Crippen LogP contribution in [0.3, 0.4) is 0 Å². The van der Waals surface area contributed by atoms with Crippen LogP contribution in [0.25, 0.3) is 0 Å². The Morgan fingerprint density at radius 1 is 0.522 bits per heavy atom. The third-order valence-corrected chi connectivity index (χ3v) is 3.03. The molecule has 0 aliphatic heterocycles. The Bertz CT molecular complexity index is 830. The van der Waals surface area contributed by atoms with E-state index in [1.165, 1.54) is 6.07 Å². The molecule has 0 saturated carbocycles. The largest absolute Gasteiger partial charge is 0.506 e. The van der Waals surface area contributed by atoms with Gasteiger partial charge in [0, 0.05) is 6.07 Å². The molecule has 0 aliphatic carbocycles. The van der Waals surface area contributed by atoms with Gasteiger partial charge in [-0.25, -0.2) is 0 Å². The van der Waals surface area contributed by atoms with E-state index in [-0.39, 0.29) is 5.75 Å². The number of azo groups is 2. The number of rotatable bonds is 4. The van der Waals surface area contributed by atoms with Gasteiger partial charge in [-0.15, -0.1) is 5.11 Å². The number of hydrogen-bond acceptors (Lipinski definition) is 5. The van der Waals surface area contributed by atoms with Gasteiger partial charge in [-0.05, 0) is 36.4 Å². The monoisotopic (exact) mass is 302 g/mol. The van der Waals surface area contributed by atoms with E-state index in [4.69, 9.17) is 0 Å². The van der Waals surface area contributed by atoms with Crippen molar-refractivity contribution >= 4 is 22.7 Å². The van der Waals surface area contributed by atoms with Crippen molar-refractivity contribution in [2.75, 3.05) is 0 Å². The average Bonchev–Trinajstić information content (AvgIpc) is 2.61. The maximum atomic E-state index is 10.0. The number of nitrogens with zero attached hydrogens (tertiary/aromatic N) is 4. The summed E-state index contributed by atoms with van der Waals surface area (Å²) in [7, 11) is 0. The summed E-state index contributed by atoms with van der Waals surface area (Å²) in [5.74, 6) is 0.00851. The fourth-order valence-corrected chi connectivity index (χ4v) is 1.87. The number of phenolic OH excluding ortho intramolecular Hbond substituents is 1. The summed E-state index contributed by atoms with van der Waals surface area (Å²) in [6.07, 6.45) is 0. The quantitative estimate of drug-likeness (QED) is 0.571. The van der Waals surface area contributed by atoms with Crippen LogP contribution in [0.4, 0.5) is 22.7 Å². The number of benzene rings is 3. The Hall–Kier alpha value is -3.34. The van der Waals surface area contributed by atoms with Gasteiger partial charge in [-0.2, -0.15) is 15.3 Å². The molecule has 0 bridgehead atoms. The molecule has 112 valence electrons. The Balaban J connectivity index is 1.76. The minimum Gasteiger partial charge on any atom is -0.506 e. The van der Waals surface area contributed by atoms with Gasteiger partial charge in [0.05, 0.1) is 17.1 Å². The first-order chi connectivity index (χ1) is 11.3. The molecular weight excluding hydrogens is 288 g/mol. The van der Waals surface area contributed by atoms with Gasteiger partial charge >= 0.3 is 0 Å². The van der Waals surface area contributed by atoms with Crippen LogP contribution in [-0.4, -0.2) is 5.11 Å². The van der Waals surface area contributed by atoms with Crippen LogP contribution in [0.5, 0.6) is 5.75 Å². The van der Waals surface area contributed by atoms with E-state index < -0.39 is 0 Å². The molecule has 0 amide bonds. The molecule has 0 spiro atoms. The van der Waals surface area contributed by atoms with Crippen molar-refractivity contribution in [3.63, 3.8) is 0 Å². The first-order valence-corrected chi connectivity index (χ1v) is 7.08. The van der Waals surface area contributed by atoms with Gasteiger partial charge in [0.2, 0.25) is 0 Å². The summed E-state index contributed by atoms with van der Waals surface area (Å²) >= 11 is 0. The van der Waals surface area contributed by atoms with Crippen molar-refractivity contribution in [2.45, 2.75) is 0 Å². The molecule has 0 fully saturated rings. The third-order valence-electron chi connectivity index (χ3n) is 3.03. The summed E-state index contributed by atoms with van der Waals surface area (Å²) in [4.78, 5) is 0. The van der Waals surface area contributed by atoms with Crippen LogP contribution < -0.4 is 0 Å². The van der Waals surface area contributed by atoms with Crippen LogP contribution >= 0.6 is 0 Å². The highest BCUT2D eigenvalue weighted by Gasteiger charge is 2.01. The fourth-order valence-electron chi connectivity index (χ4n) is 1.87. The van der Waals surface area contributed by atoms with E-state index in [1.54, 1.807) is 12.1 Å². The SMILES string of the molecule is Oc1cc(N=Nc2ccccc2)ccc1N=Nc1ccccc1. The van der Waals surface area contributed by atoms with Crippen molar-refractivity contribution < 1.29 is 5.11 Å². The number of aromatic hydroxyl groups is 1. The standard InChI is InChI=1S/C18H14N4O/c23-18-13-16(21-19-14-7-3-1-4-8-14)11-12-17(18)22-20-15-9-5-2-6-10-15/h1-13,23H. The predicted molar refractivity (Wildman–Crippen MR) is 89.3 cm³/mol. The van der Waals surface area contributed by atoms with Crippen molar-refractivity contribution in [3.05, 3.63) is 78.9 Å². The summed E-state index contributed by atoms with van der Waals surface area (Å²) in [5, 5.41) is 26.3. The lowest BCUT2D eigenvalue weighted by atomic mass is 10.2. The van der Waals surface area contributed by atoms with Crippen LogP contribution in [0.2, 0.25) is 0 Å². The number of hydrogen-bond donors (Lipinski definition) is 1. The topological polar surface area (TPSA) is 69.7 Å². The third kappa shape index (κ3) is 4.07. The summed E-state index contributed by atoms with van der Waals surface area (Å²) in [6.45, 7) is 0. The molecule has 0 saturated heterocycles. The molecule has 1 N–H and O–H groups in total. The predicted octanol–water partition coefficient (Wildman–Crippen LogP) is 6.22. The summed E-state index contributed by atoms with van der Waals surface area (Å²) in [5.41, 5.74) is 2.40. The second-order valence-corrected chi connectivity index (χ2v) is 4.74. The fraction of sp³-hybridized carbons (Fsp3) is 0. The van der Waals surface area contributed by atoms with E-state index in [0.717, 1.165) is 11.4 Å². The highest BCUT2D eigenvalue weighted by Crippen LogP contribution is 2.32. The van der Waals surface area contributed by atoms with Crippen LogP contribution in [-0.2, 0) is 0 Å². The molecule has 0 aliphatic rings. The van der Waals surface area contributed by atoms with Crippen LogP contribution in [0.1, 0.15) is 0 Å². The van der Waals surface area contributed by atoms with E-state index >= 15 is 0 Å². The highest BCUT2D eigenvalue weighted by atomic mass is 16.3. The first-order valence-electron chi connectivity index (χ1n) is 7.08. The summed E-state index contributed by atoms with van der Waals surface area (Å²) in [6, 6.07) is 23.6. The van der Waals surface area contributed by atoms with Crippen molar-refractivity contribution in [1.82, 2.24) is 0 Å². The van der Waals surface area contributed by atoms with Gasteiger partial charge in [0.15, 0.2) is 0 Å². The van der Waals surface area contributed by atoms with E-state index in [0.29, 0.717) is 11.4 Å². The van der Waals surface area contributed by atoms with E-state index in [9.17, 15) is 5.11 Å². The molecule has 5 nitrogen and oxygen atoms in total. The molecule has 3 aromatic rings. The molecule has 3 rings (SSSR count). The molecule has 5 heteroatoms. The van der Waals surface area contributed by atoms with Gasteiger partial charge in [0.1, 0.15) is 11.4 Å². The normalized spacial score (nSPS) is 11.3. The lowest BCUT2D eigenvalue weighted by Gasteiger charge is -1.99. The van der Waals surface area contributed by atoms with Crippen molar-refractivity contribution in [1.29, 1.82) is 0 Å². The minimum atomic E-state index is 0.00851. The Morgan fingerprint density at radius 2 is 1.04 bits per heavy atom. The maximum Gasteiger partial charge on any atom is 0.145 e. The smallest absolute Gasteiger partial charge is 0.145 e. The minimum absolute atomic E-state index is 0.00851. The average molecular weight is 302 g/mol. The maximum absolute atomic E-state index is 10.0. The number of phenols is 1. The first kappa shape index (κ1) is 14.6. The van der Waals surface area contributed by atoms with Crippen molar-refractivity contribution in [2.24, 2.45) is 20.5 Å². The Morgan fingerprint density at radius 3 is 1.61 bits per heavy atom. The molecular formula is C18H14N4O. The van der Waals surface area contributed by atoms with Gasteiger partial charge in [-0.3, -0.25) is 0 Å². The lowest BCUT2D eigenvalue weighted by Crippen LogP contribution is -1.69. The molecule has 0 radical (unpaired) electrons. The van der Waals surface area contributed by atoms with Gasteiger partial charge in [-0.1, -0.05) is 36.4 Å². The van der Waals surface area contributed by atoms with E-state index in [1.807, 2.05) is 60.7 Å². The lowest BCUT2D eigenvalue weighted by molar-refractivity contribution is 0.476. The van der Waals surface area contributed by atoms with Gasteiger partial charge in [0.25, 0.3) is 0 Å². The zero-order valence-corrected chi connectivity index (χ0v) is 12.2.